The van der Waals surface area contributed by atoms with Gasteiger partial charge in [-0.3, -0.25) is 0 Å². The fourth-order valence-corrected chi connectivity index (χ4v) is 1.66. The molecule has 0 aromatic carbocycles. The summed E-state index contributed by atoms with van der Waals surface area (Å²) in [5.74, 6) is 0.817. The number of hydrogen-bond donors (Lipinski definition) is 1. The van der Waals surface area contributed by atoms with E-state index in [1.54, 1.807) is 0 Å². The first kappa shape index (κ1) is 12.9. The smallest absolute Gasteiger partial charge is 0.225 e. The molecule has 0 aliphatic rings. The first-order valence-corrected chi connectivity index (χ1v) is 5.98. The summed E-state index contributed by atoms with van der Waals surface area (Å²) >= 11 is 0. The van der Waals surface area contributed by atoms with Gasteiger partial charge in [0.2, 0.25) is 5.95 Å². The van der Waals surface area contributed by atoms with Crippen LogP contribution in [-0.2, 0) is 6.42 Å². The minimum Gasteiger partial charge on any atom is -0.341 e. The van der Waals surface area contributed by atoms with Crippen molar-refractivity contribution in [3.05, 3.63) is 18.0 Å². The zero-order chi connectivity index (χ0) is 12.0. The lowest BCUT2D eigenvalue weighted by Crippen LogP contribution is -2.25. The molecule has 0 aliphatic heterocycles. The fraction of sp³-hybridized carbons (Fsp3) is 0.667. The molecule has 1 aromatic heterocycles. The summed E-state index contributed by atoms with van der Waals surface area (Å²) in [6.45, 7) is 8.22. The van der Waals surface area contributed by atoms with Gasteiger partial charge in [0.25, 0.3) is 0 Å². The molecule has 2 N–H and O–H groups in total. The molecule has 0 saturated carbocycles. The summed E-state index contributed by atoms with van der Waals surface area (Å²) in [4.78, 5) is 10.9. The van der Waals surface area contributed by atoms with Crippen LogP contribution in [-0.4, -0.2) is 29.1 Å². The summed E-state index contributed by atoms with van der Waals surface area (Å²) in [5.41, 5.74) is 6.83. The van der Waals surface area contributed by atoms with Crippen LogP contribution in [0.15, 0.2) is 12.4 Å². The number of nitrogens with two attached hydrogens (primary N) is 1. The van der Waals surface area contributed by atoms with Gasteiger partial charge in [-0.15, -0.1) is 0 Å². The predicted molar refractivity (Wildman–Crippen MR) is 67.6 cm³/mol. The number of hydrogen-bond acceptors (Lipinski definition) is 4. The zero-order valence-electron chi connectivity index (χ0n) is 10.5. The van der Waals surface area contributed by atoms with Gasteiger partial charge in [0, 0.05) is 31.5 Å². The van der Waals surface area contributed by atoms with Crippen molar-refractivity contribution < 1.29 is 0 Å². The van der Waals surface area contributed by atoms with Crippen molar-refractivity contribution in [1.29, 1.82) is 0 Å². The van der Waals surface area contributed by atoms with Crippen molar-refractivity contribution in [2.24, 2.45) is 5.73 Å². The molecule has 1 heterocycles. The van der Waals surface area contributed by atoms with Gasteiger partial charge in [0.05, 0.1) is 0 Å². The summed E-state index contributed by atoms with van der Waals surface area (Å²) in [7, 11) is 0. The Balaban J connectivity index is 2.69. The Bertz CT molecular complexity index is 294. The lowest BCUT2D eigenvalue weighted by molar-refractivity contribution is 0.724. The monoisotopic (exact) mass is 222 g/mol. The van der Waals surface area contributed by atoms with E-state index in [1.807, 2.05) is 19.3 Å². The molecule has 0 bridgehead atoms. The van der Waals surface area contributed by atoms with E-state index in [1.165, 1.54) is 0 Å². The quantitative estimate of drug-likeness (QED) is 0.794. The first-order valence-electron chi connectivity index (χ1n) is 5.98. The molecule has 90 valence electrons. The molecule has 4 heteroatoms. The molecule has 0 fully saturated rings. The van der Waals surface area contributed by atoms with Crippen molar-refractivity contribution >= 4 is 5.95 Å². The van der Waals surface area contributed by atoms with Gasteiger partial charge in [-0.1, -0.05) is 6.92 Å². The van der Waals surface area contributed by atoms with Gasteiger partial charge in [0.15, 0.2) is 0 Å². The van der Waals surface area contributed by atoms with Crippen LogP contribution in [0.3, 0.4) is 0 Å². The summed E-state index contributed by atoms with van der Waals surface area (Å²) in [6.07, 6.45) is 5.70. The molecule has 1 aromatic rings. The molecular weight excluding hydrogens is 200 g/mol. The third kappa shape index (κ3) is 3.77. The minimum absolute atomic E-state index is 0.160. The van der Waals surface area contributed by atoms with E-state index in [2.05, 4.69) is 28.7 Å². The van der Waals surface area contributed by atoms with Crippen LogP contribution in [0.5, 0.6) is 0 Å². The van der Waals surface area contributed by atoms with Crippen LogP contribution in [0.4, 0.5) is 5.95 Å². The maximum atomic E-state index is 5.73. The summed E-state index contributed by atoms with van der Waals surface area (Å²) in [5, 5.41) is 0. The zero-order valence-corrected chi connectivity index (χ0v) is 10.5. The van der Waals surface area contributed by atoms with E-state index in [0.717, 1.165) is 37.4 Å². The Kier molecular flexibility index (Phi) is 5.19. The average Bonchev–Trinajstić information content (AvgIpc) is 2.26. The highest BCUT2D eigenvalue weighted by Gasteiger charge is 2.06. The Hall–Kier alpha value is -1.16. The Morgan fingerprint density at radius 2 is 1.94 bits per heavy atom. The van der Waals surface area contributed by atoms with Gasteiger partial charge in [-0.05, 0) is 32.3 Å². The Morgan fingerprint density at radius 1 is 1.31 bits per heavy atom. The largest absolute Gasteiger partial charge is 0.341 e. The SMILES string of the molecule is CCCN(CC)c1ncc(CC(C)N)cn1. The molecule has 0 radical (unpaired) electrons. The fourth-order valence-electron chi connectivity index (χ4n) is 1.66. The third-order valence-corrected chi connectivity index (χ3v) is 2.41. The second-order valence-electron chi connectivity index (χ2n) is 4.15. The van der Waals surface area contributed by atoms with Gasteiger partial charge < -0.3 is 10.6 Å². The average molecular weight is 222 g/mol. The van der Waals surface area contributed by atoms with Crippen LogP contribution in [0.2, 0.25) is 0 Å². The van der Waals surface area contributed by atoms with E-state index in [0.29, 0.717) is 0 Å². The lowest BCUT2D eigenvalue weighted by Gasteiger charge is -2.19. The second kappa shape index (κ2) is 6.43. The Morgan fingerprint density at radius 3 is 2.38 bits per heavy atom. The molecule has 1 atom stereocenters. The summed E-state index contributed by atoms with van der Waals surface area (Å²) in [6, 6.07) is 0.160. The number of rotatable bonds is 6. The molecule has 1 unspecified atom stereocenters. The van der Waals surface area contributed by atoms with Crippen molar-refractivity contribution in [2.75, 3.05) is 18.0 Å². The highest BCUT2D eigenvalue weighted by molar-refractivity contribution is 5.29. The van der Waals surface area contributed by atoms with Crippen LogP contribution in [0.1, 0.15) is 32.8 Å². The predicted octanol–water partition coefficient (Wildman–Crippen LogP) is 1.60. The van der Waals surface area contributed by atoms with Crippen molar-refractivity contribution in [2.45, 2.75) is 39.7 Å². The van der Waals surface area contributed by atoms with Crippen molar-refractivity contribution in [1.82, 2.24) is 9.97 Å². The van der Waals surface area contributed by atoms with E-state index in [4.69, 9.17) is 5.73 Å². The molecule has 0 aliphatic carbocycles. The van der Waals surface area contributed by atoms with Crippen LogP contribution >= 0.6 is 0 Å². The van der Waals surface area contributed by atoms with Crippen LogP contribution in [0.25, 0.3) is 0 Å². The molecule has 4 nitrogen and oxygen atoms in total. The van der Waals surface area contributed by atoms with E-state index in [9.17, 15) is 0 Å². The highest BCUT2D eigenvalue weighted by atomic mass is 15.2. The Labute approximate surface area is 97.9 Å². The van der Waals surface area contributed by atoms with Gasteiger partial charge in [-0.2, -0.15) is 0 Å². The van der Waals surface area contributed by atoms with Crippen LogP contribution < -0.4 is 10.6 Å². The molecule has 0 spiro atoms. The molecule has 16 heavy (non-hydrogen) atoms. The first-order chi connectivity index (χ1) is 7.67. The van der Waals surface area contributed by atoms with Gasteiger partial charge >= 0.3 is 0 Å². The number of anilines is 1. The molecule has 1 rings (SSSR count). The third-order valence-electron chi connectivity index (χ3n) is 2.41. The summed E-state index contributed by atoms with van der Waals surface area (Å²) < 4.78 is 0. The number of nitrogens with zero attached hydrogens (tertiary/aromatic N) is 3. The topological polar surface area (TPSA) is 55.0 Å². The minimum atomic E-state index is 0.160. The van der Waals surface area contributed by atoms with Crippen molar-refractivity contribution in [3.8, 4) is 0 Å². The maximum absolute atomic E-state index is 5.73. The van der Waals surface area contributed by atoms with Crippen molar-refractivity contribution in [3.63, 3.8) is 0 Å². The maximum Gasteiger partial charge on any atom is 0.225 e. The van der Waals surface area contributed by atoms with Gasteiger partial charge in [0.1, 0.15) is 0 Å². The normalized spacial score (nSPS) is 12.5. The lowest BCUT2D eigenvalue weighted by atomic mass is 10.1. The van der Waals surface area contributed by atoms with Gasteiger partial charge in [-0.25, -0.2) is 9.97 Å². The second-order valence-corrected chi connectivity index (χ2v) is 4.15. The van der Waals surface area contributed by atoms with E-state index >= 15 is 0 Å². The molecule has 0 amide bonds. The van der Waals surface area contributed by atoms with Crippen LogP contribution in [0, 0.1) is 0 Å². The number of aromatic nitrogens is 2. The van der Waals surface area contributed by atoms with E-state index < -0.39 is 0 Å². The molecular formula is C12H22N4. The van der Waals surface area contributed by atoms with E-state index in [-0.39, 0.29) is 6.04 Å². The molecule has 0 saturated heterocycles. The highest BCUT2D eigenvalue weighted by Crippen LogP contribution is 2.08. The standard InChI is InChI=1S/C12H22N4/c1-4-6-16(5-2)12-14-8-11(9-15-12)7-10(3)13/h8-10H,4-7,13H2,1-3H3.